The predicted octanol–water partition coefficient (Wildman–Crippen LogP) is 2.10. The molecule has 1 aromatic heterocycles. The molecule has 0 aromatic carbocycles. The highest BCUT2D eigenvalue weighted by molar-refractivity contribution is 7.93. The minimum atomic E-state index is -3.61. The smallest absolute Gasteiger partial charge is 0.310 e. The summed E-state index contributed by atoms with van der Waals surface area (Å²) < 4.78 is 32.2. The van der Waals surface area contributed by atoms with Gasteiger partial charge in [-0.3, -0.25) is 9.52 Å². The van der Waals surface area contributed by atoms with E-state index in [1.807, 2.05) is 5.38 Å². The molecule has 6 nitrogen and oxygen atoms in total. The summed E-state index contributed by atoms with van der Waals surface area (Å²) in [6.07, 6.45) is 4.02. The van der Waals surface area contributed by atoms with Gasteiger partial charge in [-0.1, -0.05) is 6.42 Å². The lowest BCUT2D eigenvalue weighted by molar-refractivity contribution is -0.145. The van der Waals surface area contributed by atoms with E-state index in [4.69, 9.17) is 4.74 Å². The van der Waals surface area contributed by atoms with Crippen molar-refractivity contribution in [2.75, 3.05) is 11.8 Å². The number of carbonyl (C=O) groups excluding carboxylic acids is 1. The van der Waals surface area contributed by atoms with E-state index in [1.165, 1.54) is 18.4 Å². The third-order valence-corrected chi connectivity index (χ3v) is 6.85. The zero-order valence-corrected chi connectivity index (χ0v) is 13.4. The van der Waals surface area contributed by atoms with Gasteiger partial charge in [0, 0.05) is 11.3 Å². The first-order chi connectivity index (χ1) is 10.0. The molecule has 21 heavy (non-hydrogen) atoms. The van der Waals surface area contributed by atoms with Crippen LogP contribution < -0.4 is 4.72 Å². The van der Waals surface area contributed by atoms with Crippen LogP contribution in [0.25, 0.3) is 0 Å². The fourth-order valence-electron chi connectivity index (χ4n) is 2.82. The Morgan fingerprint density at radius 2 is 2.14 bits per heavy atom. The van der Waals surface area contributed by atoms with Crippen LogP contribution in [0, 0.1) is 5.92 Å². The highest BCUT2D eigenvalue weighted by atomic mass is 32.2. The zero-order valence-electron chi connectivity index (χ0n) is 11.7. The molecular weight excluding hydrogens is 312 g/mol. The van der Waals surface area contributed by atoms with Crippen molar-refractivity contribution in [3.8, 4) is 0 Å². The molecule has 8 heteroatoms. The summed E-state index contributed by atoms with van der Waals surface area (Å²) in [5, 5.41) is 1.58. The Balaban J connectivity index is 1.74. The molecule has 2 aliphatic rings. The summed E-state index contributed by atoms with van der Waals surface area (Å²) in [6.45, 7) is 0. The molecule has 2 aliphatic carbocycles. The molecule has 1 heterocycles. The third kappa shape index (κ3) is 3.06. The second-order valence-electron chi connectivity index (χ2n) is 5.60. The normalized spacial score (nSPS) is 25.8. The van der Waals surface area contributed by atoms with Crippen molar-refractivity contribution in [2.45, 2.75) is 43.3 Å². The van der Waals surface area contributed by atoms with E-state index < -0.39 is 27.2 Å². The maximum atomic E-state index is 12.5. The average molecular weight is 330 g/mol. The number of thiazole rings is 1. The molecule has 1 aromatic rings. The summed E-state index contributed by atoms with van der Waals surface area (Å²) in [5.41, 5.74) is 0.966. The van der Waals surface area contributed by atoms with E-state index in [-0.39, 0.29) is 0 Å². The van der Waals surface area contributed by atoms with Gasteiger partial charge >= 0.3 is 5.97 Å². The number of ether oxygens (including phenoxy) is 1. The van der Waals surface area contributed by atoms with Gasteiger partial charge in [-0.2, -0.15) is 0 Å². The molecule has 2 atom stereocenters. The number of hydrogen-bond donors (Lipinski definition) is 1. The van der Waals surface area contributed by atoms with Crippen molar-refractivity contribution < 1.29 is 17.9 Å². The zero-order chi connectivity index (χ0) is 15.0. The molecule has 116 valence electrons. The molecule has 0 aliphatic heterocycles. The number of rotatable bonds is 5. The van der Waals surface area contributed by atoms with E-state index in [0.29, 0.717) is 23.9 Å². The van der Waals surface area contributed by atoms with Crippen molar-refractivity contribution in [3.63, 3.8) is 0 Å². The molecule has 2 unspecified atom stereocenters. The maximum Gasteiger partial charge on any atom is 0.310 e. The lowest BCUT2D eigenvalue weighted by Gasteiger charge is -2.17. The van der Waals surface area contributed by atoms with Gasteiger partial charge in [-0.25, -0.2) is 13.4 Å². The Hall–Kier alpha value is -1.15. The van der Waals surface area contributed by atoms with Crippen molar-refractivity contribution in [1.29, 1.82) is 0 Å². The fourth-order valence-corrected chi connectivity index (χ4v) is 5.59. The van der Waals surface area contributed by atoms with E-state index in [0.717, 1.165) is 25.0 Å². The molecule has 0 spiro atoms. The molecule has 2 saturated carbocycles. The summed E-state index contributed by atoms with van der Waals surface area (Å²) in [4.78, 5) is 16.0. The second kappa shape index (κ2) is 5.57. The third-order valence-electron chi connectivity index (χ3n) is 4.10. The molecule has 0 amide bonds. The van der Waals surface area contributed by atoms with Gasteiger partial charge < -0.3 is 4.74 Å². The first-order valence-electron chi connectivity index (χ1n) is 7.06. The molecular formula is C13H18N2O4S2. The van der Waals surface area contributed by atoms with E-state index in [9.17, 15) is 13.2 Å². The average Bonchev–Trinajstić information content (AvgIpc) is 3.00. The van der Waals surface area contributed by atoms with E-state index in [1.54, 1.807) is 0 Å². The Bertz CT molecular complexity index is 636. The summed E-state index contributed by atoms with van der Waals surface area (Å²) in [7, 11) is -2.32. The van der Waals surface area contributed by atoms with Crippen molar-refractivity contribution in [3.05, 3.63) is 11.1 Å². The highest BCUT2D eigenvalue weighted by Gasteiger charge is 2.42. The van der Waals surface area contributed by atoms with E-state index in [2.05, 4.69) is 9.71 Å². The summed E-state index contributed by atoms with van der Waals surface area (Å²) in [6, 6.07) is 0. The topological polar surface area (TPSA) is 85.4 Å². The number of anilines is 1. The number of methoxy groups -OCH3 is 1. The SMILES string of the molecule is COC(=O)C1CCCC1S(=O)(=O)Nc1nc(C2CC2)cs1. The number of aromatic nitrogens is 1. The van der Waals surface area contributed by atoms with Crippen LogP contribution in [0.2, 0.25) is 0 Å². The Morgan fingerprint density at radius 1 is 1.38 bits per heavy atom. The number of sulfonamides is 1. The first-order valence-corrected chi connectivity index (χ1v) is 9.49. The van der Waals surface area contributed by atoms with Crippen LogP contribution in [0.1, 0.15) is 43.7 Å². The van der Waals surface area contributed by atoms with Gasteiger partial charge in [0.05, 0.1) is 24.0 Å². The Morgan fingerprint density at radius 3 is 2.81 bits per heavy atom. The predicted molar refractivity (Wildman–Crippen MR) is 79.8 cm³/mol. The largest absolute Gasteiger partial charge is 0.469 e. The van der Waals surface area contributed by atoms with Gasteiger partial charge in [-0.05, 0) is 25.7 Å². The number of nitrogens with zero attached hydrogens (tertiary/aromatic N) is 1. The van der Waals surface area contributed by atoms with Crippen molar-refractivity contribution in [1.82, 2.24) is 4.98 Å². The molecule has 1 N–H and O–H groups in total. The number of nitrogens with one attached hydrogen (secondary N) is 1. The maximum absolute atomic E-state index is 12.5. The number of carbonyl (C=O) groups is 1. The van der Waals surface area contributed by atoms with E-state index >= 15 is 0 Å². The summed E-state index contributed by atoms with van der Waals surface area (Å²) >= 11 is 1.30. The second-order valence-corrected chi connectivity index (χ2v) is 8.36. The molecule has 3 rings (SSSR count). The molecule has 0 saturated heterocycles. The Kier molecular flexibility index (Phi) is 3.92. The minimum absolute atomic E-state index is 0.396. The number of esters is 1. The van der Waals surface area contributed by atoms with Gasteiger partial charge in [0.15, 0.2) is 5.13 Å². The molecule has 0 bridgehead atoms. The lowest BCUT2D eigenvalue weighted by atomic mass is 10.1. The minimum Gasteiger partial charge on any atom is -0.469 e. The lowest BCUT2D eigenvalue weighted by Crippen LogP contribution is -2.35. The van der Waals surface area contributed by atoms with Gasteiger partial charge in [0.25, 0.3) is 0 Å². The van der Waals surface area contributed by atoms with Crippen LogP contribution in [-0.2, 0) is 19.6 Å². The van der Waals surface area contributed by atoms with Crippen LogP contribution >= 0.6 is 11.3 Å². The van der Waals surface area contributed by atoms with Crippen LogP contribution in [0.4, 0.5) is 5.13 Å². The van der Waals surface area contributed by atoms with Crippen LogP contribution in [0.15, 0.2) is 5.38 Å². The van der Waals surface area contributed by atoms with Gasteiger partial charge in [0.1, 0.15) is 0 Å². The van der Waals surface area contributed by atoms with Crippen LogP contribution in [0.3, 0.4) is 0 Å². The molecule has 2 fully saturated rings. The summed E-state index contributed by atoms with van der Waals surface area (Å²) in [5.74, 6) is -0.523. The highest BCUT2D eigenvalue weighted by Crippen LogP contribution is 2.41. The van der Waals surface area contributed by atoms with Crippen LogP contribution in [0.5, 0.6) is 0 Å². The quantitative estimate of drug-likeness (QED) is 0.836. The van der Waals surface area contributed by atoms with Crippen molar-refractivity contribution >= 4 is 32.5 Å². The van der Waals surface area contributed by atoms with Crippen molar-refractivity contribution in [2.24, 2.45) is 5.92 Å². The monoisotopic (exact) mass is 330 g/mol. The first kappa shape index (κ1) is 14.8. The standard InChI is InChI=1S/C13H18N2O4S2/c1-19-12(16)9-3-2-4-11(9)21(17,18)15-13-14-10(7-20-13)8-5-6-8/h7-9,11H,2-6H2,1H3,(H,14,15). The molecule has 0 radical (unpaired) electrons. The number of hydrogen-bond acceptors (Lipinski definition) is 6. The van der Waals surface area contributed by atoms with Gasteiger partial charge in [-0.15, -0.1) is 11.3 Å². The Labute approximate surface area is 128 Å². The van der Waals surface area contributed by atoms with Gasteiger partial charge in [0.2, 0.25) is 10.0 Å². The fraction of sp³-hybridized carbons (Fsp3) is 0.692. The van der Waals surface area contributed by atoms with Crippen LogP contribution in [-0.4, -0.2) is 31.7 Å².